The number of Topliss-reactive ketones (excluding diaryl/α,β-unsaturated/α-hetero) is 2. The molecule has 0 radical (unpaired) electrons. The van der Waals surface area contributed by atoms with Gasteiger partial charge in [-0.1, -0.05) is 36.4 Å². The van der Waals surface area contributed by atoms with Gasteiger partial charge in [0.05, 0.1) is 0 Å². The van der Waals surface area contributed by atoms with Crippen molar-refractivity contribution in [2.75, 3.05) is 26.2 Å². The average molecular weight is 446 g/mol. The lowest BCUT2D eigenvalue weighted by Gasteiger charge is -2.44. The summed E-state index contributed by atoms with van der Waals surface area (Å²) in [5.41, 5.74) is 1.48. The molecular weight excluding hydrogens is 422 g/mol. The van der Waals surface area contributed by atoms with Crippen LogP contribution in [0.5, 0.6) is 0 Å². The van der Waals surface area contributed by atoms with Crippen LogP contribution in [-0.2, 0) is 12.1 Å². The summed E-state index contributed by atoms with van der Waals surface area (Å²) in [6, 6.07) is 17.6. The number of aryl methyl sites for hydroxylation is 1. The Bertz CT molecular complexity index is 1240. The van der Waals surface area contributed by atoms with Crippen LogP contribution < -0.4 is 0 Å². The van der Waals surface area contributed by atoms with Crippen LogP contribution in [-0.4, -0.2) is 47.5 Å². The normalized spacial score (nSPS) is 21.4. The molecule has 5 rings (SSSR count). The Morgan fingerprint density at radius 1 is 0.788 bits per heavy atom. The molecule has 33 heavy (non-hydrogen) atoms. The first-order valence-corrected chi connectivity index (χ1v) is 11.1. The summed E-state index contributed by atoms with van der Waals surface area (Å²) in [6.45, 7) is 4.77. The highest BCUT2D eigenvalue weighted by Gasteiger charge is 2.58. The van der Waals surface area contributed by atoms with E-state index in [0.29, 0.717) is 38.3 Å². The molecule has 3 aromatic carbocycles. The predicted molar refractivity (Wildman–Crippen MR) is 121 cm³/mol. The van der Waals surface area contributed by atoms with Crippen molar-refractivity contribution in [2.24, 2.45) is 0 Å². The highest BCUT2D eigenvalue weighted by atomic mass is 19.1. The lowest BCUT2D eigenvalue weighted by Crippen LogP contribution is -2.60. The van der Waals surface area contributed by atoms with Crippen LogP contribution in [0.3, 0.4) is 0 Å². The molecule has 1 unspecified atom stereocenters. The van der Waals surface area contributed by atoms with E-state index in [9.17, 15) is 18.4 Å². The summed E-state index contributed by atoms with van der Waals surface area (Å²) < 4.78 is 27.7. The van der Waals surface area contributed by atoms with Gasteiger partial charge in [-0.3, -0.25) is 19.4 Å². The number of hydrogen-bond acceptors (Lipinski definition) is 4. The van der Waals surface area contributed by atoms with Gasteiger partial charge in [-0.25, -0.2) is 8.78 Å². The molecule has 1 aliphatic carbocycles. The lowest BCUT2D eigenvalue weighted by atomic mass is 9.82. The fraction of sp³-hybridized carbons (Fsp3) is 0.259. The molecule has 1 atom stereocenters. The van der Waals surface area contributed by atoms with Gasteiger partial charge in [0.1, 0.15) is 11.6 Å². The maximum Gasteiger partial charge on any atom is 0.196 e. The number of carbonyl (C=O) groups excluding carboxylic acids is 2. The molecule has 6 heteroatoms. The molecule has 0 spiro atoms. The molecule has 0 aromatic heterocycles. The molecular formula is C27H24F2N2O2. The second kappa shape index (κ2) is 8.28. The zero-order chi connectivity index (χ0) is 23.2. The second-order valence-corrected chi connectivity index (χ2v) is 8.76. The Hall–Kier alpha value is -3.22. The Morgan fingerprint density at radius 3 is 2.15 bits per heavy atom. The van der Waals surface area contributed by atoms with Gasteiger partial charge in [0.25, 0.3) is 0 Å². The third-order valence-electron chi connectivity index (χ3n) is 6.87. The van der Waals surface area contributed by atoms with Crippen molar-refractivity contribution in [3.63, 3.8) is 0 Å². The van der Waals surface area contributed by atoms with Gasteiger partial charge in [0, 0.05) is 43.9 Å². The van der Waals surface area contributed by atoms with E-state index < -0.39 is 11.4 Å². The zero-order valence-corrected chi connectivity index (χ0v) is 18.4. The molecule has 0 bridgehead atoms. The average Bonchev–Trinajstić information content (AvgIpc) is 3.04. The highest BCUT2D eigenvalue weighted by molar-refractivity contribution is 6.32. The standard InChI is InChI=1S/C27H24F2N2O2/c1-18-7-8-21(28)15-19(18)17-30-11-13-31(14-12-30)27(20-5-3-2-4-6-20)25(32)23-10-9-22(29)16-24(23)26(27)33/h2-10,15-16H,11-14,17H2,1H3. The van der Waals surface area contributed by atoms with E-state index in [1.165, 1.54) is 24.3 Å². The minimum Gasteiger partial charge on any atom is -0.297 e. The first-order valence-electron chi connectivity index (χ1n) is 11.1. The molecule has 1 fully saturated rings. The summed E-state index contributed by atoms with van der Waals surface area (Å²) >= 11 is 0. The largest absolute Gasteiger partial charge is 0.297 e. The Morgan fingerprint density at radius 2 is 1.42 bits per heavy atom. The van der Waals surface area contributed by atoms with E-state index in [1.54, 1.807) is 24.3 Å². The van der Waals surface area contributed by atoms with Crippen LogP contribution in [0.15, 0.2) is 66.7 Å². The van der Waals surface area contributed by atoms with E-state index in [-0.39, 0.29) is 28.5 Å². The Labute approximate surface area is 191 Å². The number of fused-ring (bicyclic) bond motifs is 1. The van der Waals surface area contributed by atoms with Gasteiger partial charge in [-0.15, -0.1) is 0 Å². The molecule has 4 nitrogen and oxygen atoms in total. The van der Waals surface area contributed by atoms with E-state index in [0.717, 1.165) is 11.1 Å². The fourth-order valence-electron chi connectivity index (χ4n) is 5.10. The van der Waals surface area contributed by atoms with Gasteiger partial charge in [0.2, 0.25) is 0 Å². The molecule has 0 amide bonds. The molecule has 1 saturated heterocycles. The molecule has 1 aliphatic heterocycles. The summed E-state index contributed by atoms with van der Waals surface area (Å²) in [7, 11) is 0. The fourth-order valence-corrected chi connectivity index (χ4v) is 5.10. The number of rotatable bonds is 4. The van der Waals surface area contributed by atoms with Gasteiger partial charge in [-0.05, 0) is 53.9 Å². The predicted octanol–water partition coefficient (Wildman–Crippen LogP) is 4.37. The van der Waals surface area contributed by atoms with Crippen LogP contribution in [0.25, 0.3) is 0 Å². The van der Waals surface area contributed by atoms with Crippen molar-refractivity contribution < 1.29 is 18.4 Å². The van der Waals surface area contributed by atoms with E-state index in [2.05, 4.69) is 4.90 Å². The number of benzene rings is 3. The number of piperazine rings is 1. The van der Waals surface area contributed by atoms with Gasteiger partial charge in [0.15, 0.2) is 17.1 Å². The molecule has 2 aliphatic rings. The van der Waals surface area contributed by atoms with Crippen LogP contribution in [0.1, 0.15) is 37.4 Å². The minimum atomic E-state index is -1.49. The smallest absolute Gasteiger partial charge is 0.196 e. The van der Waals surface area contributed by atoms with Crippen LogP contribution in [0, 0.1) is 18.6 Å². The number of halogens is 2. The molecule has 0 N–H and O–H groups in total. The highest BCUT2D eigenvalue weighted by Crippen LogP contribution is 2.43. The van der Waals surface area contributed by atoms with Crippen molar-refractivity contribution in [1.29, 1.82) is 0 Å². The van der Waals surface area contributed by atoms with E-state index >= 15 is 0 Å². The maximum atomic E-state index is 14.0. The van der Waals surface area contributed by atoms with E-state index in [4.69, 9.17) is 0 Å². The molecule has 168 valence electrons. The topological polar surface area (TPSA) is 40.6 Å². The van der Waals surface area contributed by atoms with Crippen LogP contribution in [0.4, 0.5) is 8.78 Å². The summed E-state index contributed by atoms with van der Waals surface area (Å²) in [4.78, 5) is 31.6. The van der Waals surface area contributed by atoms with Crippen molar-refractivity contribution >= 4 is 11.6 Å². The monoisotopic (exact) mass is 446 g/mol. The van der Waals surface area contributed by atoms with Crippen molar-refractivity contribution in [3.8, 4) is 0 Å². The first kappa shape index (κ1) is 21.6. The Kier molecular flexibility index (Phi) is 5.43. The zero-order valence-electron chi connectivity index (χ0n) is 18.4. The summed E-state index contributed by atoms with van der Waals surface area (Å²) in [5.74, 6) is -1.47. The van der Waals surface area contributed by atoms with Crippen LogP contribution >= 0.6 is 0 Å². The SMILES string of the molecule is Cc1ccc(F)cc1CN1CCN(C2(c3ccccc3)C(=O)c3ccc(F)cc3C2=O)CC1. The third-order valence-corrected chi connectivity index (χ3v) is 6.87. The van der Waals surface area contributed by atoms with Crippen molar-refractivity contribution in [1.82, 2.24) is 9.80 Å². The molecule has 0 saturated carbocycles. The summed E-state index contributed by atoms with van der Waals surface area (Å²) in [5, 5.41) is 0. The lowest BCUT2D eigenvalue weighted by molar-refractivity contribution is 0.0279. The van der Waals surface area contributed by atoms with E-state index in [1.807, 2.05) is 30.0 Å². The number of ketones is 2. The van der Waals surface area contributed by atoms with Crippen molar-refractivity contribution in [2.45, 2.75) is 19.0 Å². The third kappa shape index (κ3) is 3.50. The Balaban J connectivity index is 1.46. The maximum absolute atomic E-state index is 14.0. The second-order valence-electron chi connectivity index (χ2n) is 8.76. The number of carbonyl (C=O) groups is 2. The first-order chi connectivity index (χ1) is 15.9. The summed E-state index contributed by atoms with van der Waals surface area (Å²) in [6.07, 6.45) is 0. The molecule has 3 aromatic rings. The molecule has 1 heterocycles. The van der Waals surface area contributed by atoms with Gasteiger partial charge < -0.3 is 0 Å². The quantitative estimate of drug-likeness (QED) is 0.559. The number of hydrogen-bond donors (Lipinski definition) is 0. The van der Waals surface area contributed by atoms with Gasteiger partial charge in [-0.2, -0.15) is 0 Å². The van der Waals surface area contributed by atoms with Crippen LogP contribution in [0.2, 0.25) is 0 Å². The number of nitrogens with zero attached hydrogens (tertiary/aromatic N) is 2. The minimum absolute atomic E-state index is 0.140. The van der Waals surface area contributed by atoms with Crippen molar-refractivity contribution in [3.05, 3.63) is 106 Å². The van der Waals surface area contributed by atoms with Gasteiger partial charge >= 0.3 is 0 Å².